The van der Waals surface area contributed by atoms with Gasteiger partial charge < -0.3 is 5.11 Å². The molecule has 1 N–H and O–H groups in total. The Labute approximate surface area is 73.3 Å². The van der Waals surface area contributed by atoms with Crippen LogP contribution >= 0.6 is 0 Å². The molecule has 6 heavy (non-hydrogen) atoms. The van der Waals surface area contributed by atoms with Gasteiger partial charge in [-0.15, -0.1) is 0 Å². The molecule has 0 aliphatic rings. The molecule has 0 aliphatic carbocycles. The van der Waals surface area contributed by atoms with Crippen LogP contribution in [0.2, 0.25) is 0 Å². The summed E-state index contributed by atoms with van der Waals surface area (Å²) in [6.45, 7) is 3.30. The number of hydrogen-bond donors (Lipinski definition) is 1. The van der Waals surface area contributed by atoms with E-state index in [-0.39, 0.29) is 44.1 Å². The van der Waals surface area contributed by atoms with E-state index in [1.165, 1.54) is 12.2 Å². The molecule has 0 amide bonds. The van der Waals surface area contributed by atoms with Crippen LogP contribution in [0.4, 0.5) is 0 Å². The Balaban J connectivity index is 0. The largest absolute Gasteiger partial charge is 0.516 e. The molecule has 0 rings (SSSR count). The Hall–Kier alpha value is 0.722. The van der Waals surface area contributed by atoms with E-state index in [1.54, 1.807) is 0 Å². The number of hydrogen-bond acceptors (Lipinski definition) is 1. The topological polar surface area (TPSA) is 20.2 Å². The van der Waals surface area contributed by atoms with Gasteiger partial charge in [0.1, 0.15) is 0 Å². The predicted molar refractivity (Wildman–Crippen MR) is 22.0 cm³/mol. The smallest absolute Gasteiger partial charge is 0.0791 e. The summed E-state index contributed by atoms with van der Waals surface area (Å²) >= 11 is 0. The maximum Gasteiger partial charge on any atom is 0.0791 e. The van der Waals surface area contributed by atoms with E-state index in [2.05, 4.69) is 6.58 Å². The number of aliphatic hydroxyl groups is 1. The van der Waals surface area contributed by atoms with Gasteiger partial charge in [-0.1, -0.05) is 12.7 Å². The van der Waals surface area contributed by atoms with Crippen molar-refractivity contribution < 1.29 is 49.2 Å². The first kappa shape index (κ1) is 9.87. The van der Waals surface area contributed by atoms with Gasteiger partial charge in [-0.05, 0) is 6.08 Å². The maximum atomic E-state index is 7.81. The van der Waals surface area contributed by atoms with Crippen LogP contribution in [-0.2, 0) is 0 Å². The molecule has 0 aliphatic heterocycles. The second-order valence-corrected chi connectivity index (χ2v) is 0.577. The van der Waals surface area contributed by atoms with Crippen LogP contribution in [0.1, 0.15) is 0 Å². The van der Waals surface area contributed by atoms with Crippen LogP contribution in [0.25, 0.3) is 0 Å². The molecule has 0 aromatic carbocycles. The van der Waals surface area contributed by atoms with E-state index >= 15 is 0 Å². The predicted octanol–water partition coefficient (Wildman–Crippen LogP) is 1.24. The first-order valence-corrected chi connectivity index (χ1v) is 1.33. The Kier molecular flexibility index (Phi) is 15.1. The van der Waals surface area contributed by atoms with Gasteiger partial charge in [0.05, 0.1) is 6.26 Å². The quantitative estimate of drug-likeness (QED) is 0.570. The molecule has 1 nitrogen and oxygen atoms in total. The minimum absolute atomic E-state index is 0. The molecule has 2 heteroatoms. The number of aliphatic hydroxyl groups excluding tert-OH is 1. The summed E-state index contributed by atoms with van der Waals surface area (Å²) in [6.07, 6.45) is 3.88. The average Bonchev–Trinajstić information content (AvgIpc) is 1.41. The number of allylic oxidation sites excluding steroid dienone is 2. The monoisotopic (exact) mass is 297 g/mol. The van der Waals surface area contributed by atoms with E-state index in [4.69, 9.17) is 5.11 Å². The van der Waals surface area contributed by atoms with E-state index in [9.17, 15) is 0 Å². The van der Waals surface area contributed by atoms with E-state index in [1.807, 2.05) is 0 Å². The molecule has 0 spiro atoms. The van der Waals surface area contributed by atoms with Gasteiger partial charge in [0.25, 0.3) is 0 Å². The molecule has 0 fully saturated rings. The van der Waals surface area contributed by atoms with Crippen molar-refractivity contribution in [2.24, 2.45) is 0 Å². The van der Waals surface area contributed by atoms with Gasteiger partial charge in [-0.3, -0.25) is 0 Å². The van der Waals surface area contributed by atoms with Gasteiger partial charge >= 0.3 is 0 Å². The van der Waals surface area contributed by atoms with Crippen molar-refractivity contribution >= 4 is 0 Å². The minimum Gasteiger partial charge on any atom is -0.516 e. The molecule has 0 unspecified atom stereocenters. The summed E-state index contributed by atoms with van der Waals surface area (Å²) in [5, 5.41) is 7.81. The first-order chi connectivity index (χ1) is 2.41. The minimum atomic E-state index is 0. The van der Waals surface area contributed by atoms with Crippen LogP contribution in [0, 0.1) is 44.1 Å². The molecular weight excluding hydrogens is 291 g/mol. The van der Waals surface area contributed by atoms with Crippen molar-refractivity contribution in [2.75, 3.05) is 0 Å². The van der Waals surface area contributed by atoms with Gasteiger partial charge in [0.2, 0.25) is 0 Å². The first-order valence-electron chi connectivity index (χ1n) is 1.33. The van der Waals surface area contributed by atoms with Crippen molar-refractivity contribution in [1.29, 1.82) is 0 Å². The summed E-state index contributed by atoms with van der Waals surface area (Å²) < 4.78 is 0. The zero-order valence-corrected chi connectivity index (χ0v) is 8.21. The summed E-state index contributed by atoms with van der Waals surface area (Å²) in [5.74, 6) is 0. The van der Waals surface area contributed by atoms with Crippen LogP contribution < -0.4 is 0 Å². The molecule has 0 atom stereocenters. The van der Waals surface area contributed by atoms with Crippen molar-refractivity contribution in [3.05, 3.63) is 25.0 Å². The van der Waals surface area contributed by atoms with E-state index in [0.717, 1.165) is 6.26 Å². The normalized spacial score (nSPS) is 7.33. The average molecular weight is 297 g/mol. The molecule has 0 saturated heterocycles. The summed E-state index contributed by atoms with van der Waals surface area (Å²) in [6, 6.07) is 0. The van der Waals surface area contributed by atoms with Crippen LogP contribution in [0.15, 0.2) is 25.0 Å². The molecule has 0 bridgehead atoms. The van der Waals surface area contributed by atoms with Crippen molar-refractivity contribution in [3.63, 3.8) is 0 Å². The molecule has 1 radical (unpaired) electrons. The molecule has 0 aromatic heterocycles. The Morgan fingerprint density at radius 2 is 2.00 bits per heavy atom. The zero-order valence-electron chi connectivity index (χ0n) is 3.46. The molecule has 0 aromatic rings. The van der Waals surface area contributed by atoms with E-state index in [0.29, 0.717) is 0 Å². The van der Waals surface area contributed by atoms with Crippen molar-refractivity contribution in [2.45, 2.75) is 0 Å². The van der Waals surface area contributed by atoms with Crippen LogP contribution in [0.5, 0.6) is 0 Å². The third-order valence-corrected chi connectivity index (χ3v) is 0.222. The van der Waals surface area contributed by atoms with Gasteiger partial charge in [0, 0.05) is 44.1 Å². The zero-order chi connectivity index (χ0) is 4.12. The fourth-order valence-electron chi connectivity index (χ4n) is 0.0609. The van der Waals surface area contributed by atoms with Crippen LogP contribution in [0.3, 0.4) is 0 Å². The molecule has 0 saturated carbocycles. The Morgan fingerprint density at radius 1 is 1.50 bits per heavy atom. The second-order valence-electron chi connectivity index (χ2n) is 0.577. The van der Waals surface area contributed by atoms with Crippen molar-refractivity contribution in [1.82, 2.24) is 0 Å². The number of rotatable bonds is 1. The Morgan fingerprint density at radius 3 is 2.00 bits per heavy atom. The fourth-order valence-corrected chi connectivity index (χ4v) is 0.0609. The van der Waals surface area contributed by atoms with E-state index < -0.39 is 0 Å². The summed E-state index contributed by atoms with van der Waals surface area (Å²) in [5.41, 5.74) is 0. The Bertz CT molecular complexity index is 49.5. The molecule has 31 valence electrons. The molecular formula is C4H6AcO. The van der Waals surface area contributed by atoms with Crippen LogP contribution in [-0.4, -0.2) is 5.11 Å². The van der Waals surface area contributed by atoms with Gasteiger partial charge in [0.15, 0.2) is 0 Å². The van der Waals surface area contributed by atoms with Gasteiger partial charge in [-0.2, -0.15) is 0 Å². The van der Waals surface area contributed by atoms with Crippen molar-refractivity contribution in [3.8, 4) is 0 Å². The third kappa shape index (κ3) is 8.83. The third-order valence-electron chi connectivity index (χ3n) is 0.222. The standard InChI is InChI=1S/C4H6O.Ac/c1-2-3-4-5;/h2-5H,1H2;/b4-3+;. The summed E-state index contributed by atoms with van der Waals surface area (Å²) in [7, 11) is 0. The maximum absolute atomic E-state index is 7.81. The fraction of sp³-hybridized carbons (Fsp3) is 0. The van der Waals surface area contributed by atoms with Gasteiger partial charge in [-0.25, -0.2) is 0 Å². The molecule has 0 heterocycles. The SMILES string of the molecule is C=C/C=C/O.[Ac]. The second kappa shape index (κ2) is 9.21. The summed E-state index contributed by atoms with van der Waals surface area (Å²) in [4.78, 5) is 0.